The molecular formula is C13H26N4O. The number of amides is 1. The molecule has 1 amide bonds. The largest absolute Gasteiger partial charge is 0.368 e. The molecule has 1 saturated carbocycles. The van der Waals surface area contributed by atoms with Gasteiger partial charge in [-0.25, -0.2) is 0 Å². The summed E-state index contributed by atoms with van der Waals surface area (Å²) in [7, 11) is 4.07. The maximum atomic E-state index is 11.9. The summed E-state index contributed by atoms with van der Waals surface area (Å²) in [6.07, 6.45) is 3.39. The first-order valence-corrected chi connectivity index (χ1v) is 6.90. The fourth-order valence-electron chi connectivity index (χ4n) is 2.96. The van der Waals surface area contributed by atoms with Gasteiger partial charge in [0.05, 0.1) is 0 Å². The number of nitrogens with two attached hydrogens (primary N) is 1. The van der Waals surface area contributed by atoms with E-state index in [-0.39, 0.29) is 5.91 Å². The van der Waals surface area contributed by atoms with Gasteiger partial charge in [-0.2, -0.15) is 0 Å². The van der Waals surface area contributed by atoms with E-state index in [9.17, 15) is 4.79 Å². The number of nitrogens with one attached hydrogen (secondary N) is 1. The highest BCUT2D eigenvalue weighted by molar-refractivity contribution is 5.85. The van der Waals surface area contributed by atoms with Crippen molar-refractivity contribution in [2.24, 2.45) is 5.73 Å². The minimum absolute atomic E-state index is 0.198. The molecule has 1 aliphatic heterocycles. The zero-order valence-electron chi connectivity index (χ0n) is 11.8. The Balaban J connectivity index is 1.97. The highest BCUT2D eigenvalue weighted by Crippen LogP contribution is 2.37. The van der Waals surface area contributed by atoms with Gasteiger partial charge < -0.3 is 16.0 Å². The molecule has 3 N–H and O–H groups in total. The van der Waals surface area contributed by atoms with Crippen LogP contribution in [-0.4, -0.2) is 67.1 Å². The van der Waals surface area contributed by atoms with Gasteiger partial charge in [0.25, 0.3) is 0 Å². The topological polar surface area (TPSA) is 61.6 Å². The Kier molecular flexibility index (Phi) is 3.94. The molecule has 2 rings (SSSR count). The van der Waals surface area contributed by atoms with Crippen LogP contribution >= 0.6 is 0 Å². The summed E-state index contributed by atoms with van der Waals surface area (Å²) < 4.78 is 0. The average Bonchev–Trinajstić information content (AvgIpc) is 3.03. The van der Waals surface area contributed by atoms with Crippen molar-refractivity contribution in [1.82, 2.24) is 15.1 Å². The lowest BCUT2D eigenvalue weighted by atomic mass is 9.95. The number of carbonyl (C=O) groups excluding carboxylic acids is 1. The Hall–Kier alpha value is -0.650. The van der Waals surface area contributed by atoms with Crippen LogP contribution in [0.15, 0.2) is 0 Å². The number of rotatable bonds is 6. The lowest BCUT2D eigenvalue weighted by Gasteiger charge is -2.28. The number of primary amides is 1. The normalized spacial score (nSPS) is 33.2. The predicted molar refractivity (Wildman–Crippen MR) is 72.3 cm³/mol. The van der Waals surface area contributed by atoms with Crippen molar-refractivity contribution < 1.29 is 4.79 Å². The van der Waals surface area contributed by atoms with E-state index < -0.39 is 5.54 Å². The van der Waals surface area contributed by atoms with Gasteiger partial charge in [0.15, 0.2) is 0 Å². The van der Waals surface area contributed by atoms with Crippen LogP contribution in [0.25, 0.3) is 0 Å². The van der Waals surface area contributed by atoms with Crippen molar-refractivity contribution in [3.05, 3.63) is 0 Å². The number of likely N-dealkylation sites (tertiary alicyclic amines) is 1. The van der Waals surface area contributed by atoms with Crippen molar-refractivity contribution >= 4 is 5.91 Å². The number of hydrogen-bond acceptors (Lipinski definition) is 4. The van der Waals surface area contributed by atoms with Crippen molar-refractivity contribution in [2.45, 2.75) is 43.8 Å². The molecule has 1 aliphatic carbocycles. The summed E-state index contributed by atoms with van der Waals surface area (Å²) in [6.45, 7) is 4.71. The van der Waals surface area contributed by atoms with E-state index in [1.54, 1.807) is 0 Å². The minimum Gasteiger partial charge on any atom is -0.368 e. The zero-order chi connectivity index (χ0) is 13.3. The lowest BCUT2D eigenvalue weighted by molar-refractivity contribution is -0.124. The van der Waals surface area contributed by atoms with Gasteiger partial charge >= 0.3 is 0 Å². The van der Waals surface area contributed by atoms with Gasteiger partial charge in [0, 0.05) is 31.7 Å². The van der Waals surface area contributed by atoms with E-state index in [2.05, 4.69) is 22.0 Å². The van der Waals surface area contributed by atoms with E-state index in [1.807, 2.05) is 14.1 Å². The molecule has 2 unspecified atom stereocenters. The molecule has 2 aliphatic rings. The van der Waals surface area contributed by atoms with Crippen LogP contribution in [0.1, 0.15) is 26.2 Å². The van der Waals surface area contributed by atoms with E-state index >= 15 is 0 Å². The van der Waals surface area contributed by atoms with Crippen LogP contribution in [0.2, 0.25) is 0 Å². The molecule has 0 spiro atoms. The highest BCUT2D eigenvalue weighted by Gasteiger charge is 2.50. The van der Waals surface area contributed by atoms with Gasteiger partial charge in [-0.1, -0.05) is 0 Å². The molecular weight excluding hydrogens is 228 g/mol. The average molecular weight is 254 g/mol. The van der Waals surface area contributed by atoms with Crippen LogP contribution in [0.5, 0.6) is 0 Å². The van der Waals surface area contributed by atoms with Crippen LogP contribution in [0.4, 0.5) is 0 Å². The fourth-order valence-corrected chi connectivity index (χ4v) is 2.96. The first-order valence-electron chi connectivity index (χ1n) is 6.90. The highest BCUT2D eigenvalue weighted by atomic mass is 16.1. The van der Waals surface area contributed by atoms with Gasteiger partial charge in [0.1, 0.15) is 5.54 Å². The van der Waals surface area contributed by atoms with Crippen molar-refractivity contribution in [2.75, 3.05) is 33.7 Å². The molecule has 2 fully saturated rings. The zero-order valence-corrected chi connectivity index (χ0v) is 11.8. The molecule has 0 radical (unpaired) electrons. The number of nitrogens with zero attached hydrogens (tertiary/aromatic N) is 2. The maximum absolute atomic E-state index is 11.9. The molecule has 0 bridgehead atoms. The summed E-state index contributed by atoms with van der Waals surface area (Å²) in [5, 5.41) is 3.41. The fraction of sp³-hybridized carbons (Fsp3) is 0.923. The SMILES string of the molecule is CC1CC(NCCN(C)C)(C(N)=O)CN1C1CC1. The molecule has 2 atom stereocenters. The van der Waals surface area contributed by atoms with Gasteiger partial charge in [0.2, 0.25) is 5.91 Å². The van der Waals surface area contributed by atoms with Crippen molar-refractivity contribution in [1.29, 1.82) is 0 Å². The molecule has 5 nitrogen and oxygen atoms in total. The standard InChI is InChI=1S/C13H26N4O/c1-10-8-13(12(14)18,15-6-7-16(2)3)9-17(10)11-4-5-11/h10-11,15H,4-9H2,1-3H3,(H2,14,18). The van der Waals surface area contributed by atoms with Gasteiger partial charge in [-0.05, 0) is 40.3 Å². The summed E-state index contributed by atoms with van der Waals surface area (Å²) >= 11 is 0. The Morgan fingerprint density at radius 2 is 2.17 bits per heavy atom. The van der Waals surface area contributed by atoms with Crippen molar-refractivity contribution in [3.63, 3.8) is 0 Å². The second kappa shape index (κ2) is 5.15. The van der Waals surface area contributed by atoms with E-state index in [0.29, 0.717) is 12.1 Å². The monoisotopic (exact) mass is 254 g/mol. The third-order valence-electron chi connectivity index (χ3n) is 4.17. The molecule has 104 valence electrons. The molecule has 5 heteroatoms. The second-order valence-electron chi connectivity index (χ2n) is 6.13. The molecule has 0 aromatic carbocycles. The quantitative estimate of drug-likeness (QED) is 0.678. The smallest absolute Gasteiger partial charge is 0.239 e. The minimum atomic E-state index is -0.516. The van der Waals surface area contributed by atoms with Gasteiger partial charge in [-0.3, -0.25) is 9.69 Å². The maximum Gasteiger partial charge on any atom is 0.239 e. The summed E-state index contributed by atoms with van der Waals surface area (Å²) in [5.41, 5.74) is 5.14. The summed E-state index contributed by atoms with van der Waals surface area (Å²) in [5.74, 6) is -0.198. The van der Waals surface area contributed by atoms with Gasteiger partial charge in [-0.15, -0.1) is 0 Å². The van der Waals surface area contributed by atoms with E-state index in [4.69, 9.17) is 5.73 Å². The molecule has 1 heterocycles. The molecule has 18 heavy (non-hydrogen) atoms. The van der Waals surface area contributed by atoms with Crippen LogP contribution < -0.4 is 11.1 Å². The lowest BCUT2D eigenvalue weighted by Crippen LogP contribution is -2.58. The Morgan fingerprint density at radius 3 is 2.67 bits per heavy atom. The Bertz CT molecular complexity index is 316. The third-order valence-corrected chi connectivity index (χ3v) is 4.17. The summed E-state index contributed by atoms with van der Waals surface area (Å²) in [4.78, 5) is 16.4. The Morgan fingerprint density at radius 1 is 1.50 bits per heavy atom. The van der Waals surface area contributed by atoms with Crippen molar-refractivity contribution in [3.8, 4) is 0 Å². The first kappa shape index (κ1) is 13.8. The first-order chi connectivity index (χ1) is 8.44. The molecule has 0 aromatic heterocycles. The van der Waals surface area contributed by atoms with E-state index in [1.165, 1.54) is 12.8 Å². The molecule has 1 saturated heterocycles. The van der Waals surface area contributed by atoms with Crippen LogP contribution in [-0.2, 0) is 4.79 Å². The third kappa shape index (κ3) is 2.84. The molecule has 0 aromatic rings. The van der Waals surface area contributed by atoms with E-state index in [0.717, 1.165) is 26.1 Å². The number of carbonyl (C=O) groups is 1. The van der Waals surface area contributed by atoms with Crippen LogP contribution in [0, 0.1) is 0 Å². The Labute approximate surface area is 110 Å². The number of hydrogen-bond donors (Lipinski definition) is 2. The van der Waals surface area contributed by atoms with Crippen LogP contribution in [0.3, 0.4) is 0 Å². The second-order valence-corrected chi connectivity index (χ2v) is 6.13. The summed E-state index contributed by atoms with van der Waals surface area (Å²) in [6, 6.07) is 1.15. The predicted octanol–water partition coefficient (Wildman–Crippen LogP) is -0.382. The number of likely N-dealkylation sites (N-methyl/N-ethyl adjacent to an activating group) is 1.